The molecule has 21 heavy (non-hydrogen) atoms. The fourth-order valence-electron chi connectivity index (χ4n) is 3.38. The van der Waals surface area contributed by atoms with Crippen molar-refractivity contribution in [1.82, 2.24) is 9.78 Å². The Hall–Kier alpha value is -1.36. The number of hydrogen-bond acceptors (Lipinski definition) is 3. The molecule has 1 aromatic rings. The number of carbonyl (C=O) groups excluding carboxylic acids is 1. The molecule has 5 heteroatoms. The smallest absolute Gasteiger partial charge is 0.228 e. The molecule has 2 N–H and O–H groups in total. The molecule has 2 saturated carbocycles. The number of rotatable bonds is 4. The Bertz CT molecular complexity index is 514. The van der Waals surface area contributed by atoms with Crippen LogP contribution in [0.25, 0.3) is 0 Å². The highest BCUT2D eigenvalue weighted by Crippen LogP contribution is 2.36. The van der Waals surface area contributed by atoms with Gasteiger partial charge in [0, 0.05) is 19.0 Å². The van der Waals surface area contributed by atoms with Crippen LogP contribution in [0.1, 0.15) is 69.4 Å². The summed E-state index contributed by atoms with van der Waals surface area (Å²) in [4.78, 5) is 12.2. The van der Waals surface area contributed by atoms with Crippen molar-refractivity contribution in [3.8, 4) is 0 Å². The lowest BCUT2D eigenvalue weighted by Gasteiger charge is -2.31. The Labute approximate surface area is 125 Å². The van der Waals surface area contributed by atoms with Gasteiger partial charge >= 0.3 is 0 Å². The summed E-state index contributed by atoms with van der Waals surface area (Å²) >= 11 is 0. The lowest BCUT2D eigenvalue weighted by Crippen LogP contribution is -2.36. The predicted octanol–water partition coefficient (Wildman–Crippen LogP) is 2.71. The third kappa shape index (κ3) is 3.28. The molecule has 2 fully saturated rings. The van der Waals surface area contributed by atoms with E-state index in [2.05, 4.69) is 10.4 Å². The van der Waals surface area contributed by atoms with Gasteiger partial charge in [-0.1, -0.05) is 25.7 Å². The second-order valence-electron chi connectivity index (χ2n) is 6.72. The third-order valence-corrected chi connectivity index (χ3v) is 4.96. The highest BCUT2D eigenvalue weighted by molar-refractivity contribution is 5.90. The molecule has 2 aliphatic rings. The van der Waals surface area contributed by atoms with Crippen molar-refractivity contribution in [2.24, 2.45) is 7.05 Å². The minimum Gasteiger partial charge on any atom is -0.389 e. The van der Waals surface area contributed by atoms with E-state index in [0.717, 1.165) is 43.6 Å². The van der Waals surface area contributed by atoms with Gasteiger partial charge in [-0.05, 0) is 25.7 Å². The van der Waals surface area contributed by atoms with Gasteiger partial charge < -0.3 is 10.4 Å². The van der Waals surface area contributed by atoms with E-state index in [1.54, 1.807) is 4.68 Å². The molecule has 0 unspecified atom stereocenters. The van der Waals surface area contributed by atoms with Crippen molar-refractivity contribution in [3.05, 3.63) is 11.8 Å². The Balaban J connectivity index is 1.60. The molecule has 1 aromatic heterocycles. The average Bonchev–Trinajstić information content (AvgIpc) is 2.68. The number of hydrogen-bond donors (Lipinski definition) is 2. The van der Waals surface area contributed by atoms with E-state index in [1.807, 2.05) is 13.1 Å². The van der Waals surface area contributed by atoms with E-state index in [1.165, 1.54) is 19.3 Å². The van der Waals surface area contributed by atoms with Gasteiger partial charge in [-0.25, -0.2) is 0 Å². The quantitative estimate of drug-likeness (QED) is 0.896. The largest absolute Gasteiger partial charge is 0.389 e. The number of nitrogens with zero attached hydrogens (tertiary/aromatic N) is 2. The Morgan fingerprint density at radius 2 is 2.10 bits per heavy atom. The highest BCUT2D eigenvalue weighted by Gasteiger charge is 2.32. The molecule has 1 amide bonds. The molecule has 0 spiro atoms. The maximum absolute atomic E-state index is 12.2. The van der Waals surface area contributed by atoms with Gasteiger partial charge in [0.15, 0.2) is 0 Å². The molecule has 116 valence electrons. The molecule has 3 rings (SSSR count). The first-order chi connectivity index (χ1) is 10.1. The summed E-state index contributed by atoms with van der Waals surface area (Å²) < 4.78 is 1.73. The summed E-state index contributed by atoms with van der Waals surface area (Å²) in [5, 5.41) is 17.8. The van der Waals surface area contributed by atoms with E-state index in [9.17, 15) is 9.90 Å². The van der Waals surface area contributed by atoms with Crippen LogP contribution in [0.3, 0.4) is 0 Å². The van der Waals surface area contributed by atoms with Crippen LogP contribution in [-0.4, -0.2) is 26.4 Å². The maximum atomic E-state index is 12.2. The first kappa shape index (κ1) is 14.6. The lowest BCUT2D eigenvalue weighted by atomic mass is 9.82. The first-order valence-corrected chi connectivity index (χ1v) is 8.12. The number of aromatic nitrogens is 2. The fourth-order valence-corrected chi connectivity index (χ4v) is 3.38. The lowest BCUT2D eigenvalue weighted by molar-refractivity contribution is -0.122. The minimum absolute atomic E-state index is 0.109. The summed E-state index contributed by atoms with van der Waals surface area (Å²) in [7, 11) is 1.85. The zero-order valence-corrected chi connectivity index (χ0v) is 12.8. The molecule has 1 heterocycles. The Morgan fingerprint density at radius 1 is 1.38 bits per heavy atom. The molecule has 5 nitrogen and oxygen atoms in total. The van der Waals surface area contributed by atoms with Gasteiger partial charge in [-0.15, -0.1) is 0 Å². The van der Waals surface area contributed by atoms with Crippen LogP contribution in [0.15, 0.2) is 6.07 Å². The van der Waals surface area contributed by atoms with E-state index in [-0.39, 0.29) is 12.3 Å². The van der Waals surface area contributed by atoms with Crippen molar-refractivity contribution in [3.63, 3.8) is 0 Å². The SMILES string of the molecule is Cn1nc(C2CCC2)cc1NC(=O)CC1(O)CCCCC1. The molecule has 0 aromatic carbocycles. The van der Waals surface area contributed by atoms with E-state index in [4.69, 9.17) is 0 Å². The number of carbonyl (C=O) groups is 1. The number of amides is 1. The zero-order chi connectivity index (χ0) is 14.9. The topological polar surface area (TPSA) is 67.2 Å². The zero-order valence-electron chi connectivity index (χ0n) is 12.8. The summed E-state index contributed by atoms with van der Waals surface area (Å²) in [6.07, 6.45) is 8.53. The molecule has 0 saturated heterocycles. The Morgan fingerprint density at radius 3 is 2.71 bits per heavy atom. The normalized spacial score (nSPS) is 21.8. The molecular weight excluding hydrogens is 266 g/mol. The van der Waals surface area contributed by atoms with Gasteiger partial charge in [0.2, 0.25) is 5.91 Å². The van der Waals surface area contributed by atoms with Crippen molar-refractivity contribution >= 4 is 11.7 Å². The first-order valence-electron chi connectivity index (χ1n) is 8.12. The molecule has 0 radical (unpaired) electrons. The van der Waals surface area contributed by atoms with Crippen LogP contribution in [0.4, 0.5) is 5.82 Å². The monoisotopic (exact) mass is 291 g/mol. The minimum atomic E-state index is -0.808. The second kappa shape index (κ2) is 5.79. The molecule has 0 aliphatic heterocycles. The average molecular weight is 291 g/mol. The van der Waals surface area contributed by atoms with Crippen LogP contribution in [0, 0.1) is 0 Å². The van der Waals surface area contributed by atoms with E-state index >= 15 is 0 Å². The van der Waals surface area contributed by atoms with E-state index in [0.29, 0.717) is 5.92 Å². The standard InChI is InChI=1S/C16H25N3O2/c1-19-14(10-13(18-19)12-6-5-7-12)17-15(20)11-16(21)8-3-2-4-9-16/h10,12,21H,2-9,11H2,1H3,(H,17,20). The van der Waals surface area contributed by atoms with Crippen LogP contribution in [0.5, 0.6) is 0 Å². The fraction of sp³-hybridized carbons (Fsp3) is 0.750. The van der Waals surface area contributed by atoms with Crippen LogP contribution < -0.4 is 5.32 Å². The molecule has 0 atom stereocenters. The van der Waals surface area contributed by atoms with Crippen molar-refractivity contribution in [2.75, 3.05) is 5.32 Å². The number of aliphatic hydroxyl groups is 1. The van der Waals surface area contributed by atoms with Crippen LogP contribution in [0.2, 0.25) is 0 Å². The number of anilines is 1. The molecular formula is C16H25N3O2. The third-order valence-electron chi connectivity index (χ3n) is 4.96. The molecule has 0 bridgehead atoms. The van der Waals surface area contributed by atoms with Crippen molar-refractivity contribution in [1.29, 1.82) is 0 Å². The van der Waals surface area contributed by atoms with Crippen LogP contribution >= 0.6 is 0 Å². The van der Waals surface area contributed by atoms with Gasteiger partial charge in [0.25, 0.3) is 0 Å². The molecule has 2 aliphatic carbocycles. The number of aryl methyl sites for hydroxylation is 1. The summed E-state index contributed by atoms with van der Waals surface area (Å²) in [6.45, 7) is 0. The van der Waals surface area contributed by atoms with Crippen LogP contribution in [-0.2, 0) is 11.8 Å². The summed E-state index contributed by atoms with van der Waals surface area (Å²) in [6, 6.07) is 1.98. The Kier molecular flexibility index (Phi) is 4.02. The van der Waals surface area contributed by atoms with Gasteiger partial charge in [-0.3, -0.25) is 9.48 Å². The summed E-state index contributed by atoms with van der Waals surface area (Å²) in [5.41, 5.74) is 0.271. The van der Waals surface area contributed by atoms with Gasteiger partial charge in [-0.2, -0.15) is 5.10 Å². The number of nitrogens with one attached hydrogen (secondary N) is 1. The second-order valence-corrected chi connectivity index (χ2v) is 6.72. The maximum Gasteiger partial charge on any atom is 0.228 e. The predicted molar refractivity (Wildman–Crippen MR) is 81.1 cm³/mol. The van der Waals surface area contributed by atoms with E-state index < -0.39 is 5.60 Å². The van der Waals surface area contributed by atoms with Crippen molar-refractivity contribution in [2.45, 2.75) is 69.3 Å². The van der Waals surface area contributed by atoms with Gasteiger partial charge in [0.05, 0.1) is 17.7 Å². The van der Waals surface area contributed by atoms with Crippen molar-refractivity contribution < 1.29 is 9.90 Å². The highest BCUT2D eigenvalue weighted by atomic mass is 16.3. The van der Waals surface area contributed by atoms with Gasteiger partial charge in [0.1, 0.15) is 5.82 Å². The summed E-state index contributed by atoms with van der Waals surface area (Å²) in [5.74, 6) is 1.19.